The van der Waals surface area contributed by atoms with Crippen LogP contribution >= 0.6 is 0 Å². The standard InChI is InChI=1S/C14H18N4/c15-10-5-7-11(8-6-10)18-14-12-3-1-2-4-13(12)16-9-17-14/h1-4,9-11H,5-8,15H2,(H,16,17,18). The highest BCUT2D eigenvalue weighted by molar-refractivity contribution is 5.88. The van der Waals surface area contributed by atoms with E-state index in [1.807, 2.05) is 18.2 Å². The van der Waals surface area contributed by atoms with Crippen LogP contribution in [0, 0.1) is 0 Å². The molecule has 1 aliphatic rings. The van der Waals surface area contributed by atoms with Gasteiger partial charge in [0.2, 0.25) is 0 Å². The number of rotatable bonds is 2. The van der Waals surface area contributed by atoms with Crippen molar-refractivity contribution in [2.24, 2.45) is 5.73 Å². The third kappa shape index (κ3) is 2.29. The number of nitrogens with two attached hydrogens (primary N) is 1. The Bertz CT molecular complexity index is 527. The number of para-hydroxylation sites is 1. The number of anilines is 1. The fourth-order valence-corrected chi connectivity index (χ4v) is 2.58. The number of fused-ring (bicyclic) bond motifs is 1. The molecule has 0 spiro atoms. The van der Waals surface area contributed by atoms with Crippen molar-refractivity contribution in [2.75, 3.05) is 5.32 Å². The lowest BCUT2D eigenvalue weighted by atomic mass is 9.92. The van der Waals surface area contributed by atoms with Gasteiger partial charge in [0.15, 0.2) is 0 Å². The van der Waals surface area contributed by atoms with Crippen LogP contribution in [0.15, 0.2) is 30.6 Å². The third-order valence-electron chi connectivity index (χ3n) is 3.66. The molecule has 3 rings (SSSR count). The normalized spacial score (nSPS) is 24.1. The lowest BCUT2D eigenvalue weighted by Gasteiger charge is -2.27. The fraction of sp³-hybridized carbons (Fsp3) is 0.429. The highest BCUT2D eigenvalue weighted by Gasteiger charge is 2.19. The minimum atomic E-state index is 0.380. The lowest BCUT2D eigenvalue weighted by molar-refractivity contribution is 0.410. The van der Waals surface area contributed by atoms with Gasteiger partial charge >= 0.3 is 0 Å². The van der Waals surface area contributed by atoms with E-state index in [0.29, 0.717) is 12.1 Å². The van der Waals surface area contributed by atoms with Crippen LogP contribution in [-0.2, 0) is 0 Å². The monoisotopic (exact) mass is 242 g/mol. The zero-order chi connectivity index (χ0) is 12.4. The molecule has 1 aromatic carbocycles. The highest BCUT2D eigenvalue weighted by Crippen LogP contribution is 2.24. The van der Waals surface area contributed by atoms with Crippen molar-refractivity contribution in [2.45, 2.75) is 37.8 Å². The van der Waals surface area contributed by atoms with E-state index in [-0.39, 0.29) is 0 Å². The summed E-state index contributed by atoms with van der Waals surface area (Å²) in [6.07, 6.45) is 6.07. The molecule has 1 heterocycles. The van der Waals surface area contributed by atoms with Crippen molar-refractivity contribution in [1.82, 2.24) is 9.97 Å². The predicted octanol–water partition coefficient (Wildman–Crippen LogP) is 2.31. The van der Waals surface area contributed by atoms with Gasteiger partial charge in [0.1, 0.15) is 12.1 Å². The average Bonchev–Trinajstić information content (AvgIpc) is 2.42. The molecule has 0 aliphatic heterocycles. The summed E-state index contributed by atoms with van der Waals surface area (Å²) >= 11 is 0. The van der Waals surface area contributed by atoms with E-state index in [9.17, 15) is 0 Å². The van der Waals surface area contributed by atoms with Crippen LogP contribution in [0.5, 0.6) is 0 Å². The van der Waals surface area contributed by atoms with Gasteiger partial charge in [0.25, 0.3) is 0 Å². The first kappa shape index (κ1) is 11.4. The van der Waals surface area contributed by atoms with Gasteiger partial charge in [-0.05, 0) is 37.8 Å². The Kier molecular flexibility index (Phi) is 3.11. The Morgan fingerprint density at radius 2 is 1.83 bits per heavy atom. The molecule has 1 aliphatic carbocycles. The van der Waals surface area contributed by atoms with E-state index >= 15 is 0 Å². The Morgan fingerprint density at radius 1 is 1.06 bits per heavy atom. The van der Waals surface area contributed by atoms with Gasteiger partial charge in [0, 0.05) is 17.5 Å². The maximum Gasteiger partial charge on any atom is 0.137 e. The molecule has 0 radical (unpaired) electrons. The molecule has 18 heavy (non-hydrogen) atoms. The van der Waals surface area contributed by atoms with Gasteiger partial charge in [0.05, 0.1) is 5.52 Å². The third-order valence-corrected chi connectivity index (χ3v) is 3.66. The highest BCUT2D eigenvalue weighted by atomic mass is 15.0. The molecule has 94 valence electrons. The maximum absolute atomic E-state index is 5.93. The molecule has 4 nitrogen and oxygen atoms in total. The number of hydrogen-bond acceptors (Lipinski definition) is 4. The topological polar surface area (TPSA) is 63.8 Å². The first-order valence-electron chi connectivity index (χ1n) is 6.55. The summed E-state index contributed by atoms with van der Waals surface area (Å²) in [5.74, 6) is 0.945. The smallest absolute Gasteiger partial charge is 0.137 e. The van der Waals surface area contributed by atoms with Gasteiger partial charge in [-0.25, -0.2) is 9.97 Å². The molecule has 4 heteroatoms. The molecule has 3 N–H and O–H groups in total. The molecule has 0 bridgehead atoms. The summed E-state index contributed by atoms with van der Waals surface area (Å²) in [5.41, 5.74) is 6.92. The van der Waals surface area contributed by atoms with Gasteiger partial charge in [-0.3, -0.25) is 0 Å². The van der Waals surface area contributed by atoms with Gasteiger partial charge in [-0.1, -0.05) is 12.1 Å². The van der Waals surface area contributed by atoms with E-state index in [4.69, 9.17) is 5.73 Å². The maximum atomic E-state index is 5.93. The van der Waals surface area contributed by atoms with E-state index in [0.717, 1.165) is 42.4 Å². The van der Waals surface area contributed by atoms with Crippen LogP contribution in [0.1, 0.15) is 25.7 Å². The molecule has 1 aromatic heterocycles. The fourth-order valence-electron chi connectivity index (χ4n) is 2.58. The minimum Gasteiger partial charge on any atom is -0.367 e. The minimum absolute atomic E-state index is 0.380. The average molecular weight is 242 g/mol. The van der Waals surface area contributed by atoms with Gasteiger partial charge in [-0.2, -0.15) is 0 Å². The van der Waals surface area contributed by atoms with Crippen molar-refractivity contribution in [3.05, 3.63) is 30.6 Å². The Balaban J connectivity index is 1.82. The molecule has 1 fully saturated rings. The summed E-state index contributed by atoms with van der Waals surface area (Å²) in [7, 11) is 0. The van der Waals surface area contributed by atoms with Crippen molar-refractivity contribution in [3.63, 3.8) is 0 Å². The molecular weight excluding hydrogens is 224 g/mol. The van der Waals surface area contributed by atoms with E-state index in [1.54, 1.807) is 6.33 Å². The SMILES string of the molecule is NC1CCC(Nc2ncnc3ccccc23)CC1. The van der Waals surface area contributed by atoms with Crippen molar-refractivity contribution in [3.8, 4) is 0 Å². The summed E-state index contributed by atoms with van der Waals surface area (Å²) in [6, 6.07) is 8.96. The molecule has 0 unspecified atom stereocenters. The number of nitrogens with one attached hydrogen (secondary N) is 1. The molecule has 1 saturated carbocycles. The predicted molar refractivity (Wildman–Crippen MR) is 73.4 cm³/mol. The quantitative estimate of drug-likeness (QED) is 0.848. The van der Waals surface area contributed by atoms with Crippen LogP contribution in [0.4, 0.5) is 5.82 Å². The molecule has 0 amide bonds. The molecule has 2 aromatic rings. The summed E-state index contributed by atoms with van der Waals surface area (Å²) in [6.45, 7) is 0. The zero-order valence-electron chi connectivity index (χ0n) is 10.3. The van der Waals surface area contributed by atoms with Gasteiger partial charge in [-0.15, -0.1) is 0 Å². The Labute approximate surface area is 107 Å². The summed E-state index contributed by atoms with van der Waals surface area (Å²) in [4.78, 5) is 8.64. The second kappa shape index (κ2) is 4.90. The summed E-state index contributed by atoms with van der Waals surface area (Å²) < 4.78 is 0. The van der Waals surface area contributed by atoms with E-state index in [1.165, 1.54) is 0 Å². The van der Waals surface area contributed by atoms with E-state index in [2.05, 4.69) is 21.4 Å². The van der Waals surface area contributed by atoms with Crippen molar-refractivity contribution in [1.29, 1.82) is 0 Å². The van der Waals surface area contributed by atoms with Crippen LogP contribution < -0.4 is 11.1 Å². The molecule has 0 saturated heterocycles. The first-order chi connectivity index (χ1) is 8.83. The van der Waals surface area contributed by atoms with Crippen molar-refractivity contribution < 1.29 is 0 Å². The lowest BCUT2D eigenvalue weighted by Crippen LogP contribution is -2.33. The Hall–Kier alpha value is -1.68. The first-order valence-corrected chi connectivity index (χ1v) is 6.55. The van der Waals surface area contributed by atoms with Crippen molar-refractivity contribution >= 4 is 16.7 Å². The number of hydrogen-bond donors (Lipinski definition) is 2. The molecular formula is C14H18N4. The van der Waals surface area contributed by atoms with Crippen LogP contribution in [0.3, 0.4) is 0 Å². The largest absolute Gasteiger partial charge is 0.367 e. The van der Waals surface area contributed by atoms with Crippen LogP contribution in [0.25, 0.3) is 10.9 Å². The van der Waals surface area contributed by atoms with Crippen LogP contribution in [0.2, 0.25) is 0 Å². The molecule has 0 atom stereocenters. The number of benzene rings is 1. The van der Waals surface area contributed by atoms with E-state index < -0.39 is 0 Å². The van der Waals surface area contributed by atoms with Crippen LogP contribution in [-0.4, -0.2) is 22.1 Å². The zero-order valence-corrected chi connectivity index (χ0v) is 10.3. The second-order valence-corrected chi connectivity index (χ2v) is 5.00. The summed E-state index contributed by atoms with van der Waals surface area (Å²) in [5, 5.41) is 4.63. The Morgan fingerprint density at radius 3 is 2.67 bits per heavy atom. The number of nitrogens with zero attached hydrogens (tertiary/aromatic N) is 2. The van der Waals surface area contributed by atoms with Gasteiger partial charge < -0.3 is 11.1 Å². The second-order valence-electron chi connectivity index (χ2n) is 5.00. The number of aromatic nitrogens is 2.